The zero-order valence-corrected chi connectivity index (χ0v) is 15.5. The molecule has 3 nitrogen and oxygen atoms in total. The molecule has 0 radical (unpaired) electrons. The molecule has 4 rings (SSSR count). The molecule has 1 atom stereocenters. The summed E-state index contributed by atoms with van der Waals surface area (Å²) in [5.41, 5.74) is 4.17. The van der Waals surface area contributed by atoms with E-state index in [0.29, 0.717) is 12.1 Å². The van der Waals surface area contributed by atoms with Gasteiger partial charge in [-0.1, -0.05) is 72.3 Å². The molecule has 3 aromatic rings. The van der Waals surface area contributed by atoms with Crippen molar-refractivity contribution in [3.63, 3.8) is 0 Å². The fraction of sp³-hybridized carbons (Fsp3) is 0.125. The topological polar surface area (TPSA) is 40.5 Å². The molecule has 1 unspecified atom stereocenters. The lowest BCUT2D eigenvalue weighted by atomic mass is 9.93. The maximum atomic E-state index is 13.5. The van der Waals surface area contributed by atoms with Gasteiger partial charge in [0, 0.05) is 12.1 Å². The van der Waals surface area contributed by atoms with Gasteiger partial charge in [-0.15, -0.1) is 0 Å². The van der Waals surface area contributed by atoms with Crippen molar-refractivity contribution in [2.45, 2.75) is 19.5 Å². The molecule has 0 fully saturated rings. The Morgan fingerprint density at radius 2 is 1.57 bits per heavy atom. The first kappa shape index (κ1) is 18.0. The molecule has 4 heteroatoms. The predicted molar refractivity (Wildman–Crippen MR) is 107 cm³/mol. The highest BCUT2D eigenvalue weighted by Crippen LogP contribution is 2.43. The molecule has 140 valence electrons. The number of benzene rings is 3. The van der Waals surface area contributed by atoms with Crippen molar-refractivity contribution in [1.82, 2.24) is 4.90 Å². The van der Waals surface area contributed by atoms with Crippen molar-refractivity contribution < 1.29 is 14.3 Å². The van der Waals surface area contributed by atoms with Gasteiger partial charge in [0.25, 0.3) is 5.91 Å². The zero-order chi connectivity index (χ0) is 19.7. The summed E-state index contributed by atoms with van der Waals surface area (Å²) in [5, 5.41) is 10.7. The number of hydrogen-bond donors (Lipinski definition) is 1. The van der Waals surface area contributed by atoms with Crippen molar-refractivity contribution in [3.05, 3.63) is 113 Å². The van der Waals surface area contributed by atoms with Crippen LogP contribution in [0.1, 0.15) is 28.3 Å². The van der Waals surface area contributed by atoms with Crippen LogP contribution in [0.25, 0.3) is 5.57 Å². The van der Waals surface area contributed by atoms with Crippen LogP contribution in [0.15, 0.2) is 84.6 Å². The first-order valence-corrected chi connectivity index (χ1v) is 9.15. The molecule has 1 heterocycles. The van der Waals surface area contributed by atoms with E-state index in [4.69, 9.17) is 0 Å². The van der Waals surface area contributed by atoms with Gasteiger partial charge in [-0.3, -0.25) is 4.79 Å². The normalized spacial score (nSPS) is 16.7. The summed E-state index contributed by atoms with van der Waals surface area (Å²) in [5.74, 6) is -1.02. The number of carbonyl (C=O) groups is 1. The van der Waals surface area contributed by atoms with E-state index >= 15 is 0 Å². The Bertz CT molecular complexity index is 1020. The van der Waals surface area contributed by atoms with E-state index in [0.717, 1.165) is 22.3 Å². The Morgan fingerprint density at radius 3 is 2.21 bits per heavy atom. The third-order valence-electron chi connectivity index (χ3n) is 5.05. The smallest absolute Gasteiger partial charge is 0.290 e. The standard InChI is InChI=1S/C24H20FNO2/c1-16-7-9-17(10-8-16)15-26-22(19-11-13-20(25)14-12-19)21(23(27)24(26)28)18-5-3-2-4-6-18/h2-14,22,27H,15H2,1H3. The highest BCUT2D eigenvalue weighted by atomic mass is 19.1. The van der Waals surface area contributed by atoms with Crippen LogP contribution in [0.3, 0.4) is 0 Å². The number of amides is 1. The van der Waals surface area contributed by atoms with E-state index in [-0.39, 0.29) is 11.6 Å². The highest BCUT2D eigenvalue weighted by Gasteiger charge is 2.40. The molecule has 1 aliphatic heterocycles. The van der Waals surface area contributed by atoms with Crippen molar-refractivity contribution in [2.75, 3.05) is 0 Å². The van der Waals surface area contributed by atoms with Gasteiger partial charge in [0.2, 0.25) is 0 Å². The summed E-state index contributed by atoms with van der Waals surface area (Å²) < 4.78 is 13.5. The average Bonchev–Trinajstić information content (AvgIpc) is 2.96. The molecule has 1 N–H and O–H groups in total. The minimum atomic E-state index is -0.489. The summed E-state index contributed by atoms with van der Waals surface area (Å²) in [4.78, 5) is 14.6. The molecule has 0 aromatic heterocycles. The van der Waals surface area contributed by atoms with E-state index in [1.807, 2.05) is 61.5 Å². The fourth-order valence-electron chi connectivity index (χ4n) is 3.61. The summed E-state index contributed by atoms with van der Waals surface area (Å²) in [7, 11) is 0. The lowest BCUT2D eigenvalue weighted by molar-refractivity contribution is -0.130. The van der Waals surface area contributed by atoms with E-state index in [2.05, 4.69) is 0 Å². The van der Waals surface area contributed by atoms with Crippen LogP contribution in [0, 0.1) is 12.7 Å². The van der Waals surface area contributed by atoms with Crippen LogP contribution in [-0.2, 0) is 11.3 Å². The monoisotopic (exact) mass is 373 g/mol. The van der Waals surface area contributed by atoms with Crippen molar-refractivity contribution in [1.29, 1.82) is 0 Å². The number of carbonyl (C=O) groups excluding carboxylic acids is 1. The van der Waals surface area contributed by atoms with Gasteiger partial charge in [-0.2, -0.15) is 0 Å². The van der Waals surface area contributed by atoms with Crippen LogP contribution in [0.4, 0.5) is 4.39 Å². The number of aryl methyl sites for hydroxylation is 1. The number of rotatable bonds is 4. The fourth-order valence-corrected chi connectivity index (χ4v) is 3.61. The average molecular weight is 373 g/mol. The molecule has 0 bridgehead atoms. The second kappa shape index (κ2) is 7.31. The number of hydrogen-bond acceptors (Lipinski definition) is 2. The summed E-state index contributed by atoms with van der Waals surface area (Å²) >= 11 is 0. The minimum Gasteiger partial charge on any atom is -0.503 e. The van der Waals surface area contributed by atoms with Gasteiger partial charge >= 0.3 is 0 Å². The van der Waals surface area contributed by atoms with Crippen LogP contribution < -0.4 is 0 Å². The quantitative estimate of drug-likeness (QED) is 0.684. The number of nitrogens with zero attached hydrogens (tertiary/aromatic N) is 1. The number of halogens is 1. The Labute approximate surface area is 163 Å². The number of aliphatic hydroxyl groups excluding tert-OH is 1. The second-order valence-electron chi connectivity index (χ2n) is 7.00. The van der Waals surface area contributed by atoms with Crippen LogP contribution in [-0.4, -0.2) is 15.9 Å². The summed E-state index contributed by atoms with van der Waals surface area (Å²) in [6.07, 6.45) is 0. The Morgan fingerprint density at radius 1 is 0.929 bits per heavy atom. The molecule has 3 aromatic carbocycles. The minimum absolute atomic E-state index is 0.257. The maximum absolute atomic E-state index is 13.5. The predicted octanol–water partition coefficient (Wildman–Crippen LogP) is 5.19. The lowest BCUT2D eigenvalue weighted by Gasteiger charge is -2.27. The van der Waals surface area contributed by atoms with Crippen LogP contribution in [0.2, 0.25) is 0 Å². The molecular formula is C24H20FNO2. The zero-order valence-electron chi connectivity index (χ0n) is 15.5. The van der Waals surface area contributed by atoms with Crippen molar-refractivity contribution in [3.8, 4) is 0 Å². The first-order chi connectivity index (χ1) is 13.5. The van der Waals surface area contributed by atoms with E-state index in [1.54, 1.807) is 17.0 Å². The van der Waals surface area contributed by atoms with Gasteiger partial charge < -0.3 is 10.0 Å². The van der Waals surface area contributed by atoms with Gasteiger partial charge in [0.1, 0.15) is 5.82 Å². The maximum Gasteiger partial charge on any atom is 0.290 e. The second-order valence-corrected chi connectivity index (χ2v) is 7.00. The molecule has 1 aliphatic rings. The van der Waals surface area contributed by atoms with Crippen LogP contribution in [0.5, 0.6) is 0 Å². The first-order valence-electron chi connectivity index (χ1n) is 9.15. The Balaban J connectivity index is 1.80. The van der Waals surface area contributed by atoms with E-state index < -0.39 is 11.9 Å². The SMILES string of the molecule is Cc1ccc(CN2C(=O)C(O)=C(c3ccccc3)C2c2ccc(F)cc2)cc1. The largest absolute Gasteiger partial charge is 0.503 e. The van der Waals surface area contributed by atoms with Gasteiger partial charge in [-0.25, -0.2) is 4.39 Å². The summed E-state index contributed by atoms with van der Waals surface area (Å²) in [6.45, 7) is 2.36. The Kier molecular flexibility index (Phi) is 4.70. The number of aliphatic hydroxyl groups is 1. The van der Waals surface area contributed by atoms with Gasteiger partial charge in [0.15, 0.2) is 5.76 Å². The molecular weight excluding hydrogens is 353 g/mol. The molecule has 0 saturated heterocycles. The third-order valence-corrected chi connectivity index (χ3v) is 5.05. The Hall–Kier alpha value is -3.40. The van der Waals surface area contributed by atoms with Crippen molar-refractivity contribution in [2.24, 2.45) is 0 Å². The third kappa shape index (κ3) is 3.29. The lowest BCUT2D eigenvalue weighted by Crippen LogP contribution is -2.29. The van der Waals surface area contributed by atoms with Gasteiger partial charge in [0.05, 0.1) is 6.04 Å². The highest BCUT2D eigenvalue weighted by molar-refractivity contribution is 6.05. The van der Waals surface area contributed by atoms with Gasteiger partial charge in [-0.05, 0) is 35.7 Å². The molecule has 1 amide bonds. The molecule has 0 aliphatic carbocycles. The summed E-state index contributed by atoms with van der Waals surface area (Å²) in [6, 6.07) is 22.9. The van der Waals surface area contributed by atoms with Crippen molar-refractivity contribution >= 4 is 11.5 Å². The molecule has 28 heavy (non-hydrogen) atoms. The van der Waals surface area contributed by atoms with E-state index in [1.165, 1.54) is 12.1 Å². The van der Waals surface area contributed by atoms with Crippen LogP contribution >= 0.6 is 0 Å². The molecule has 0 saturated carbocycles. The van der Waals surface area contributed by atoms with E-state index in [9.17, 15) is 14.3 Å². The molecule has 0 spiro atoms.